The van der Waals surface area contributed by atoms with Crippen LogP contribution in [0.15, 0.2) is 22.7 Å². The summed E-state index contributed by atoms with van der Waals surface area (Å²) >= 11 is 3.32. The number of likely N-dealkylation sites (tertiary alicyclic amines) is 1. The molecule has 0 spiro atoms. The largest absolute Gasteiger partial charge is 0.398 e. The number of nitrogen functional groups attached to an aromatic ring is 1. The fourth-order valence-corrected chi connectivity index (χ4v) is 2.59. The Labute approximate surface area is 122 Å². The first-order valence-corrected chi connectivity index (χ1v) is 7.44. The Bertz CT molecular complexity index is 458. The Kier molecular flexibility index (Phi) is 4.82. The minimum absolute atomic E-state index is 0.0646. The molecule has 0 radical (unpaired) electrons. The molecule has 1 heterocycles. The molecule has 1 aromatic rings. The molecule has 0 bridgehead atoms. The highest BCUT2D eigenvalue weighted by Gasteiger charge is 2.18. The molecular formula is C14H20BrN3O. The summed E-state index contributed by atoms with van der Waals surface area (Å²) in [4.78, 5) is 14.4. The maximum Gasteiger partial charge on any atom is 0.251 e. The van der Waals surface area contributed by atoms with Gasteiger partial charge in [0.1, 0.15) is 0 Å². The van der Waals surface area contributed by atoms with Gasteiger partial charge in [-0.05, 0) is 67.0 Å². The summed E-state index contributed by atoms with van der Waals surface area (Å²) in [6.45, 7) is 5.11. The molecule has 5 heteroatoms. The van der Waals surface area contributed by atoms with Gasteiger partial charge < -0.3 is 11.1 Å². The number of nitrogens with one attached hydrogen (secondary N) is 1. The molecule has 1 aromatic carbocycles. The molecule has 1 amide bonds. The van der Waals surface area contributed by atoms with E-state index in [1.807, 2.05) is 0 Å². The zero-order chi connectivity index (χ0) is 13.8. The van der Waals surface area contributed by atoms with E-state index in [2.05, 4.69) is 33.1 Å². The maximum atomic E-state index is 12.0. The number of nitrogens with zero attached hydrogens (tertiary/aromatic N) is 1. The van der Waals surface area contributed by atoms with Crippen molar-refractivity contribution in [2.45, 2.75) is 25.8 Å². The Hall–Kier alpha value is -1.07. The van der Waals surface area contributed by atoms with E-state index in [4.69, 9.17) is 5.73 Å². The quantitative estimate of drug-likeness (QED) is 0.835. The number of hydrogen-bond donors (Lipinski definition) is 2. The molecule has 1 aliphatic heterocycles. The smallest absolute Gasteiger partial charge is 0.251 e. The number of carbonyl (C=O) groups is 1. The molecule has 1 unspecified atom stereocenters. The Morgan fingerprint density at radius 2 is 2.16 bits per heavy atom. The summed E-state index contributed by atoms with van der Waals surface area (Å²) in [6.07, 6.45) is 2.53. The van der Waals surface area contributed by atoms with Crippen LogP contribution in [-0.4, -0.2) is 36.5 Å². The lowest BCUT2D eigenvalue weighted by Crippen LogP contribution is -2.40. The highest BCUT2D eigenvalue weighted by molar-refractivity contribution is 9.10. The second-order valence-electron chi connectivity index (χ2n) is 5.04. The van der Waals surface area contributed by atoms with E-state index in [9.17, 15) is 4.79 Å². The second kappa shape index (κ2) is 6.39. The van der Waals surface area contributed by atoms with Crippen LogP contribution in [0.2, 0.25) is 0 Å². The first-order valence-electron chi connectivity index (χ1n) is 6.65. The summed E-state index contributed by atoms with van der Waals surface area (Å²) in [5.74, 6) is -0.0646. The van der Waals surface area contributed by atoms with Crippen LogP contribution in [0.3, 0.4) is 0 Å². The molecule has 4 nitrogen and oxygen atoms in total. The van der Waals surface area contributed by atoms with Crippen LogP contribution in [0.4, 0.5) is 5.69 Å². The molecule has 0 aromatic heterocycles. The van der Waals surface area contributed by atoms with Gasteiger partial charge in [0.05, 0.1) is 0 Å². The number of halogens is 1. The van der Waals surface area contributed by atoms with Crippen molar-refractivity contribution in [1.29, 1.82) is 0 Å². The molecule has 3 N–H and O–H groups in total. The predicted molar refractivity (Wildman–Crippen MR) is 81.2 cm³/mol. The Morgan fingerprint density at radius 1 is 1.47 bits per heavy atom. The van der Waals surface area contributed by atoms with Crippen LogP contribution in [0.5, 0.6) is 0 Å². The summed E-state index contributed by atoms with van der Waals surface area (Å²) in [5, 5.41) is 2.97. The van der Waals surface area contributed by atoms with Crippen molar-refractivity contribution in [3.63, 3.8) is 0 Å². The van der Waals surface area contributed by atoms with Gasteiger partial charge in [-0.1, -0.05) is 0 Å². The van der Waals surface area contributed by atoms with Gasteiger partial charge in [0.25, 0.3) is 5.91 Å². The van der Waals surface area contributed by atoms with Crippen molar-refractivity contribution < 1.29 is 4.79 Å². The monoisotopic (exact) mass is 325 g/mol. The number of rotatable bonds is 4. The fraction of sp³-hybridized carbons (Fsp3) is 0.500. The summed E-state index contributed by atoms with van der Waals surface area (Å²) in [5.41, 5.74) is 6.97. The summed E-state index contributed by atoms with van der Waals surface area (Å²) in [6, 6.07) is 5.66. The van der Waals surface area contributed by atoms with Gasteiger partial charge in [-0.3, -0.25) is 9.69 Å². The van der Waals surface area contributed by atoms with E-state index < -0.39 is 0 Å². The highest BCUT2D eigenvalue weighted by Crippen LogP contribution is 2.20. The van der Waals surface area contributed by atoms with Crippen LogP contribution in [0.1, 0.15) is 30.1 Å². The second-order valence-corrected chi connectivity index (χ2v) is 5.89. The molecule has 1 aliphatic rings. The fourth-order valence-electron chi connectivity index (χ4n) is 2.34. The number of hydrogen-bond acceptors (Lipinski definition) is 3. The SMILES string of the molecule is CC(CNC(=O)c1ccc(Br)c(N)c1)N1CCCC1. The van der Waals surface area contributed by atoms with Crippen molar-refractivity contribution in [3.05, 3.63) is 28.2 Å². The lowest BCUT2D eigenvalue weighted by molar-refractivity contribution is 0.0940. The highest BCUT2D eigenvalue weighted by atomic mass is 79.9. The van der Waals surface area contributed by atoms with Gasteiger partial charge in [-0.2, -0.15) is 0 Å². The minimum Gasteiger partial charge on any atom is -0.398 e. The number of benzene rings is 1. The molecule has 1 atom stereocenters. The predicted octanol–water partition coefficient (Wildman–Crippen LogP) is 2.25. The molecule has 2 rings (SSSR count). The number of carbonyl (C=O) groups excluding carboxylic acids is 1. The molecular weight excluding hydrogens is 306 g/mol. The van der Waals surface area contributed by atoms with Crippen LogP contribution in [0, 0.1) is 0 Å². The van der Waals surface area contributed by atoms with E-state index in [1.54, 1.807) is 18.2 Å². The van der Waals surface area contributed by atoms with Crippen molar-refractivity contribution in [1.82, 2.24) is 10.2 Å². The van der Waals surface area contributed by atoms with E-state index in [-0.39, 0.29) is 5.91 Å². The lowest BCUT2D eigenvalue weighted by atomic mass is 10.2. The van der Waals surface area contributed by atoms with Gasteiger partial charge in [-0.25, -0.2) is 0 Å². The van der Waals surface area contributed by atoms with Gasteiger partial charge >= 0.3 is 0 Å². The molecule has 1 fully saturated rings. The van der Waals surface area contributed by atoms with Crippen LogP contribution in [0.25, 0.3) is 0 Å². The maximum absolute atomic E-state index is 12.0. The third kappa shape index (κ3) is 3.70. The first-order chi connectivity index (χ1) is 9.08. The van der Waals surface area contributed by atoms with Crippen LogP contribution in [-0.2, 0) is 0 Å². The molecule has 1 saturated heterocycles. The molecule has 0 saturated carbocycles. The lowest BCUT2D eigenvalue weighted by Gasteiger charge is -2.23. The Morgan fingerprint density at radius 3 is 2.79 bits per heavy atom. The molecule has 104 valence electrons. The van der Waals surface area contributed by atoms with E-state index in [0.29, 0.717) is 23.8 Å². The number of amides is 1. The average Bonchev–Trinajstić information content (AvgIpc) is 2.92. The zero-order valence-electron chi connectivity index (χ0n) is 11.2. The van der Waals surface area contributed by atoms with Crippen molar-refractivity contribution in [2.24, 2.45) is 0 Å². The van der Waals surface area contributed by atoms with Crippen molar-refractivity contribution in [3.8, 4) is 0 Å². The van der Waals surface area contributed by atoms with Crippen molar-refractivity contribution in [2.75, 3.05) is 25.4 Å². The van der Waals surface area contributed by atoms with E-state index in [0.717, 1.165) is 17.6 Å². The van der Waals surface area contributed by atoms with Crippen LogP contribution >= 0.6 is 15.9 Å². The topological polar surface area (TPSA) is 58.4 Å². The molecule has 0 aliphatic carbocycles. The number of nitrogens with two attached hydrogens (primary N) is 1. The van der Waals surface area contributed by atoms with Gasteiger partial charge in [0, 0.05) is 28.3 Å². The Balaban J connectivity index is 1.88. The average molecular weight is 326 g/mol. The van der Waals surface area contributed by atoms with Gasteiger partial charge in [-0.15, -0.1) is 0 Å². The van der Waals surface area contributed by atoms with Gasteiger partial charge in [0.2, 0.25) is 0 Å². The minimum atomic E-state index is -0.0646. The number of anilines is 1. The molecule has 19 heavy (non-hydrogen) atoms. The van der Waals surface area contributed by atoms with E-state index >= 15 is 0 Å². The summed E-state index contributed by atoms with van der Waals surface area (Å²) < 4.78 is 0.814. The van der Waals surface area contributed by atoms with Crippen LogP contribution < -0.4 is 11.1 Å². The zero-order valence-corrected chi connectivity index (χ0v) is 12.7. The standard InChI is InChI=1S/C14H20BrN3O/c1-10(18-6-2-3-7-18)9-17-14(19)11-4-5-12(15)13(16)8-11/h4-5,8,10H,2-3,6-7,9,16H2,1H3,(H,17,19). The van der Waals surface area contributed by atoms with Crippen molar-refractivity contribution >= 4 is 27.5 Å². The first kappa shape index (κ1) is 14.3. The third-order valence-corrected chi connectivity index (χ3v) is 4.30. The third-order valence-electron chi connectivity index (χ3n) is 3.58. The summed E-state index contributed by atoms with van der Waals surface area (Å²) in [7, 11) is 0. The normalized spacial score (nSPS) is 17.4. The van der Waals surface area contributed by atoms with Gasteiger partial charge in [0.15, 0.2) is 0 Å². The van der Waals surface area contributed by atoms with E-state index in [1.165, 1.54) is 12.8 Å².